The number of ether oxygens (including phenoxy) is 1. The van der Waals surface area contributed by atoms with Gasteiger partial charge in [0.25, 0.3) is 0 Å². The average molecular weight is 385 g/mol. The highest BCUT2D eigenvalue weighted by molar-refractivity contribution is 8.01. The van der Waals surface area contributed by atoms with Gasteiger partial charge in [-0.3, -0.25) is 9.36 Å². The lowest BCUT2D eigenvalue weighted by Crippen LogP contribution is -2.10. The molecule has 2 N–H and O–H groups in total. The summed E-state index contributed by atoms with van der Waals surface area (Å²) in [5, 5.41) is 1.94. The van der Waals surface area contributed by atoms with Crippen LogP contribution in [0.3, 0.4) is 0 Å². The van der Waals surface area contributed by atoms with Crippen LogP contribution >= 0.6 is 23.1 Å². The molecule has 0 aliphatic rings. The maximum absolute atomic E-state index is 11.1. The van der Waals surface area contributed by atoms with E-state index in [4.69, 9.17) is 10.5 Å². The molecule has 0 atom stereocenters. The molecule has 4 rings (SSSR count). The van der Waals surface area contributed by atoms with E-state index in [1.165, 1.54) is 35.1 Å². The van der Waals surface area contributed by atoms with E-state index in [9.17, 15) is 4.79 Å². The fourth-order valence-electron chi connectivity index (χ4n) is 2.59. The van der Waals surface area contributed by atoms with Crippen molar-refractivity contribution in [2.24, 2.45) is 0 Å². The molecule has 3 aromatic heterocycles. The van der Waals surface area contributed by atoms with Crippen molar-refractivity contribution < 1.29 is 9.53 Å². The van der Waals surface area contributed by atoms with Crippen molar-refractivity contribution in [3.05, 3.63) is 36.7 Å². The smallest absolute Gasteiger partial charge is 0.302 e. The van der Waals surface area contributed by atoms with E-state index in [2.05, 4.69) is 33.2 Å². The Morgan fingerprint density at radius 3 is 3.00 bits per heavy atom. The Morgan fingerprint density at radius 2 is 2.19 bits per heavy atom. The highest BCUT2D eigenvalue weighted by Crippen LogP contribution is 2.37. The van der Waals surface area contributed by atoms with E-state index in [0.29, 0.717) is 23.5 Å². The molecule has 4 aromatic rings. The predicted octanol–water partition coefficient (Wildman–Crippen LogP) is 3.34. The quantitative estimate of drug-likeness (QED) is 0.526. The Kier molecular flexibility index (Phi) is 4.48. The largest absolute Gasteiger partial charge is 0.464 e. The number of benzene rings is 1. The van der Waals surface area contributed by atoms with E-state index in [-0.39, 0.29) is 12.6 Å². The Hall–Kier alpha value is -2.65. The Bertz CT molecular complexity index is 1070. The third kappa shape index (κ3) is 3.23. The van der Waals surface area contributed by atoms with Crippen molar-refractivity contribution in [3.63, 3.8) is 0 Å². The summed E-state index contributed by atoms with van der Waals surface area (Å²) in [6.07, 6.45) is 1.41. The van der Waals surface area contributed by atoms with Crippen LogP contribution in [-0.2, 0) is 16.1 Å². The minimum Gasteiger partial charge on any atom is -0.464 e. The molecule has 0 fully saturated rings. The second kappa shape index (κ2) is 6.93. The second-order valence-electron chi connectivity index (χ2n) is 5.52. The number of hydrogen-bond acceptors (Lipinski definition) is 8. The van der Waals surface area contributed by atoms with Gasteiger partial charge in [-0.15, -0.1) is 11.3 Å². The maximum Gasteiger partial charge on any atom is 0.302 e. The molecular weight excluding hydrogens is 370 g/mol. The minimum atomic E-state index is -0.317. The van der Waals surface area contributed by atoms with E-state index in [1.807, 2.05) is 16.7 Å². The van der Waals surface area contributed by atoms with Crippen LogP contribution in [0.1, 0.15) is 6.92 Å². The van der Waals surface area contributed by atoms with Crippen molar-refractivity contribution in [1.82, 2.24) is 19.5 Å². The van der Waals surface area contributed by atoms with Crippen molar-refractivity contribution in [1.29, 1.82) is 0 Å². The van der Waals surface area contributed by atoms with Crippen LogP contribution in [0, 0.1) is 0 Å². The number of rotatable bonds is 5. The molecule has 0 saturated carbocycles. The zero-order valence-corrected chi connectivity index (χ0v) is 15.5. The third-order valence-corrected chi connectivity index (χ3v) is 5.96. The molecule has 0 amide bonds. The molecule has 26 heavy (non-hydrogen) atoms. The highest BCUT2D eigenvalue weighted by Gasteiger charge is 2.17. The highest BCUT2D eigenvalue weighted by atomic mass is 32.2. The van der Waals surface area contributed by atoms with Gasteiger partial charge in [-0.05, 0) is 29.3 Å². The van der Waals surface area contributed by atoms with Gasteiger partial charge in [0.05, 0.1) is 10.8 Å². The molecule has 0 bridgehead atoms. The molecule has 0 aliphatic heterocycles. The number of carbonyl (C=O) groups is 1. The van der Waals surface area contributed by atoms with Gasteiger partial charge in [-0.1, -0.05) is 18.2 Å². The third-order valence-electron chi connectivity index (χ3n) is 3.74. The fourth-order valence-corrected chi connectivity index (χ4v) is 4.84. The number of nitrogen functional groups attached to an aromatic ring is 1. The van der Waals surface area contributed by atoms with Gasteiger partial charge in [0.2, 0.25) is 0 Å². The number of thiophene rings is 1. The Balaban J connectivity index is 1.72. The van der Waals surface area contributed by atoms with Crippen molar-refractivity contribution in [3.8, 4) is 0 Å². The van der Waals surface area contributed by atoms with Gasteiger partial charge in [0.1, 0.15) is 12.9 Å². The minimum absolute atomic E-state index is 0.241. The van der Waals surface area contributed by atoms with Gasteiger partial charge in [0, 0.05) is 11.6 Å². The number of hydrogen-bond donors (Lipinski definition) is 1. The van der Waals surface area contributed by atoms with E-state index in [0.717, 1.165) is 9.37 Å². The van der Waals surface area contributed by atoms with Crippen LogP contribution in [0.15, 0.2) is 46.0 Å². The molecular formula is C17H15N5O2S2. The van der Waals surface area contributed by atoms with E-state index in [1.54, 1.807) is 11.3 Å². The van der Waals surface area contributed by atoms with Gasteiger partial charge >= 0.3 is 5.97 Å². The van der Waals surface area contributed by atoms with Crippen molar-refractivity contribution in [2.45, 2.75) is 22.8 Å². The van der Waals surface area contributed by atoms with Crippen LogP contribution in [0.5, 0.6) is 0 Å². The number of imidazole rings is 1. The first-order chi connectivity index (χ1) is 12.6. The summed E-state index contributed by atoms with van der Waals surface area (Å²) in [7, 11) is 0. The first kappa shape index (κ1) is 16.8. The van der Waals surface area contributed by atoms with Crippen molar-refractivity contribution >= 4 is 56.1 Å². The molecule has 0 radical (unpaired) electrons. The maximum atomic E-state index is 11.1. The van der Waals surface area contributed by atoms with Gasteiger partial charge in [-0.2, -0.15) is 0 Å². The van der Waals surface area contributed by atoms with Crippen LogP contribution < -0.4 is 5.73 Å². The van der Waals surface area contributed by atoms with Gasteiger partial charge in [-0.25, -0.2) is 15.0 Å². The SMILES string of the molecule is CC(=O)OCCn1c(Sc2cc3ccccc3s2)nc2c(N)ncnc21. The lowest BCUT2D eigenvalue weighted by atomic mass is 10.3. The zero-order valence-electron chi connectivity index (χ0n) is 13.9. The topological polar surface area (TPSA) is 95.9 Å². The first-order valence-corrected chi connectivity index (χ1v) is 9.51. The number of nitrogens with zero attached hydrogens (tertiary/aromatic N) is 4. The standard InChI is InChI=1S/C17H15N5O2S2/c1-10(23)24-7-6-22-16-14(15(18)19-9-20-16)21-17(22)26-13-8-11-4-2-3-5-12(11)25-13/h2-5,8-9H,6-7H2,1H3,(H2,18,19,20). The molecule has 0 saturated heterocycles. The zero-order chi connectivity index (χ0) is 18.1. The number of aromatic nitrogens is 4. The molecule has 9 heteroatoms. The summed E-state index contributed by atoms with van der Waals surface area (Å²) in [6, 6.07) is 10.4. The molecule has 0 aliphatic carbocycles. The molecule has 7 nitrogen and oxygen atoms in total. The molecule has 3 heterocycles. The van der Waals surface area contributed by atoms with Crippen LogP contribution in [0.2, 0.25) is 0 Å². The first-order valence-electron chi connectivity index (χ1n) is 7.88. The van der Waals surface area contributed by atoms with E-state index >= 15 is 0 Å². The Labute approximate surface area is 157 Å². The molecule has 0 spiro atoms. The lowest BCUT2D eigenvalue weighted by Gasteiger charge is -2.07. The number of anilines is 1. The summed E-state index contributed by atoms with van der Waals surface area (Å²) >= 11 is 3.24. The summed E-state index contributed by atoms with van der Waals surface area (Å²) in [4.78, 5) is 24.0. The van der Waals surface area contributed by atoms with Crippen LogP contribution in [-0.4, -0.2) is 32.1 Å². The monoisotopic (exact) mass is 385 g/mol. The summed E-state index contributed by atoms with van der Waals surface area (Å²) < 4.78 is 9.32. The molecule has 1 aromatic carbocycles. The van der Waals surface area contributed by atoms with E-state index < -0.39 is 0 Å². The number of fused-ring (bicyclic) bond motifs is 2. The van der Waals surface area contributed by atoms with Crippen molar-refractivity contribution in [2.75, 3.05) is 12.3 Å². The normalized spacial score (nSPS) is 11.3. The second-order valence-corrected chi connectivity index (χ2v) is 7.87. The van der Waals surface area contributed by atoms with Crippen LogP contribution in [0.25, 0.3) is 21.3 Å². The van der Waals surface area contributed by atoms with Crippen LogP contribution in [0.4, 0.5) is 5.82 Å². The number of esters is 1. The summed E-state index contributed by atoms with van der Waals surface area (Å²) in [5.41, 5.74) is 7.14. The summed E-state index contributed by atoms with van der Waals surface area (Å²) in [5.74, 6) is 0.0155. The fraction of sp³-hybridized carbons (Fsp3) is 0.176. The summed E-state index contributed by atoms with van der Waals surface area (Å²) in [6.45, 7) is 2.07. The average Bonchev–Trinajstić information content (AvgIpc) is 3.17. The number of carbonyl (C=O) groups excluding carboxylic acids is 1. The predicted molar refractivity (Wildman–Crippen MR) is 102 cm³/mol. The molecule has 132 valence electrons. The number of nitrogens with two attached hydrogens (primary N) is 1. The Morgan fingerprint density at radius 1 is 1.35 bits per heavy atom. The lowest BCUT2D eigenvalue weighted by molar-refractivity contribution is -0.141. The van der Waals surface area contributed by atoms with Gasteiger partial charge < -0.3 is 10.5 Å². The molecule has 0 unspecified atom stereocenters. The van der Waals surface area contributed by atoms with Gasteiger partial charge in [0.15, 0.2) is 22.1 Å².